The molecule has 0 fully saturated rings. The monoisotopic (exact) mass is 415 g/mol. The summed E-state index contributed by atoms with van der Waals surface area (Å²) in [5, 5.41) is 0. The summed E-state index contributed by atoms with van der Waals surface area (Å²) in [6, 6.07) is 15.3. The molecule has 0 spiro atoms. The molecule has 0 saturated heterocycles. The average molecular weight is 416 g/mol. The number of aliphatic imine (C=N–C) groups is 2. The van der Waals surface area contributed by atoms with Gasteiger partial charge in [0, 0.05) is 19.4 Å². The zero-order valence-corrected chi connectivity index (χ0v) is 15.9. The molecule has 0 unspecified atom stereocenters. The molecule has 0 bridgehead atoms. The molecule has 3 rings (SSSR count). The molecule has 0 atom stereocenters. The van der Waals surface area contributed by atoms with E-state index in [9.17, 15) is 0 Å². The van der Waals surface area contributed by atoms with Crippen LogP contribution >= 0.6 is 20.2 Å². The predicted molar refractivity (Wildman–Crippen MR) is 100 cm³/mol. The van der Waals surface area contributed by atoms with Crippen LogP contribution in [0.15, 0.2) is 70.9 Å². The van der Waals surface area contributed by atoms with E-state index in [1.807, 2.05) is 60.1 Å². The van der Waals surface area contributed by atoms with Gasteiger partial charge in [-0.05, 0) is 36.4 Å². The van der Waals surface area contributed by atoms with Crippen molar-refractivity contribution in [1.82, 2.24) is 14.5 Å². The Labute approximate surface area is 161 Å². The predicted octanol–water partition coefficient (Wildman–Crippen LogP) is 4.69. The third kappa shape index (κ3) is 6.44. The van der Waals surface area contributed by atoms with Crippen LogP contribution in [0.2, 0.25) is 0 Å². The van der Waals surface area contributed by atoms with Crippen LogP contribution in [0.5, 0.6) is 0 Å². The first kappa shape index (κ1) is 19.3. The molecule has 8 heteroatoms. The molecule has 25 heavy (non-hydrogen) atoms. The normalized spacial score (nSPS) is 11.0. The molecule has 0 aliphatic carbocycles. The first-order chi connectivity index (χ1) is 12.2. The summed E-state index contributed by atoms with van der Waals surface area (Å²) in [7, 11) is 11.5. The zero-order chi connectivity index (χ0) is 17.9. The summed E-state index contributed by atoms with van der Waals surface area (Å²) >= 11 is 0.194. The summed E-state index contributed by atoms with van der Waals surface area (Å²) in [6.45, 7) is 0. The van der Waals surface area contributed by atoms with Crippen molar-refractivity contribution < 1.29 is 13.1 Å². The van der Waals surface area contributed by atoms with Crippen LogP contribution in [0.3, 0.4) is 0 Å². The van der Waals surface area contributed by atoms with E-state index in [1.54, 1.807) is 24.8 Å². The number of aromatic nitrogens is 3. The summed E-state index contributed by atoms with van der Waals surface area (Å²) < 4.78 is 2.01. The Kier molecular flexibility index (Phi) is 8.35. The van der Waals surface area contributed by atoms with Crippen molar-refractivity contribution in [3.8, 4) is 0 Å². The fourth-order valence-electron chi connectivity index (χ4n) is 1.93. The minimum atomic E-state index is 0.194. The summed E-state index contributed by atoms with van der Waals surface area (Å²) in [5.74, 6) is 1.37. The van der Waals surface area contributed by atoms with Gasteiger partial charge in [-0.15, -0.1) is 0 Å². The van der Waals surface area contributed by atoms with Crippen LogP contribution in [0.1, 0.15) is 11.4 Å². The average Bonchev–Trinajstić information content (AvgIpc) is 3.00. The number of nitrogens with zero attached hydrogens (tertiary/aromatic N) is 5. The first-order valence-electron chi connectivity index (χ1n) is 7.15. The van der Waals surface area contributed by atoms with E-state index in [4.69, 9.17) is 20.2 Å². The van der Waals surface area contributed by atoms with Gasteiger partial charge in [0.2, 0.25) is 0 Å². The number of halogens is 2. The van der Waals surface area contributed by atoms with Gasteiger partial charge in [0.1, 0.15) is 0 Å². The molecule has 0 aliphatic heterocycles. The van der Waals surface area contributed by atoms with Gasteiger partial charge in [-0.25, -0.2) is 20.0 Å². The van der Waals surface area contributed by atoms with Crippen molar-refractivity contribution in [2.45, 2.75) is 0 Å². The van der Waals surface area contributed by atoms with Crippen LogP contribution in [-0.2, 0) is 20.2 Å². The van der Waals surface area contributed by atoms with Gasteiger partial charge in [-0.3, -0.25) is 0 Å². The summed E-state index contributed by atoms with van der Waals surface area (Å²) in [5.41, 5.74) is 1.96. The van der Waals surface area contributed by atoms with Crippen molar-refractivity contribution in [3.05, 3.63) is 72.3 Å². The minimum absolute atomic E-state index is 0.194. The van der Waals surface area contributed by atoms with Gasteiger partial charge < -0.3 is 4.57 Å². The Morgan fingerprint density at radius 3 is 1.64 bits per heavy atom. The molecule has 0 aliphatic rings. The van der Waals surface area contributed by atoms with Crippen molar-refractivity contribution in [2.24, 2.45) is 17.0 Å². The van der Waals surface area contributed by atoms with Crippen LogP contribution in [0, 0.1) is 0 Å². The summed E-state index contributed by atoms with van der Waals surface area (Å²) in [6.07, 6.45) is 7.03. The Morgan fingerprint density at radius 1 is 0.840 bits per heavy atom. The second-order valence-electron chi connectivity index (χ2n) is 4.68. The molecular formula is C17H15Cl2FeN5. The molecular weight excluding hydrogens is 401 g/mol. The topological polar surface area (TPSA) is 55.4 Å². The van der Waals surface area contributed by atoms with Gasteiger partial charge in [-0.1, -0.05) is 12.1 Å². The molecule has 3 aromatic heterocycles. The fourth-order valence-corrected chi connectivity index (χ4v) is 1.93. The molecule has 0 radical (unpaired) electrons. The molecule has 130 valence electrons. The Balaban J connectivity index is 0.000000701. The first-order valence-corrected chi connectivity index (χ1v) is 10.2. The molecule has 0 saturated carbocycles. The second kappa shape index (κ2) is 10.8. The van der Waals surface area contributed by atoms with Crippen LogP contribution in [0.4, 0.5) is 11.6 Å². The molecule has 0 N–H and O–H groups in total. The molecule has 0 amide bonds. The van der Waals surface area contributed by atoms with Gasteiger partial charge in [0.05, 0.1) is 23.8 Å². The Bertz CT molecular complexity index is 753. The van der Waals surface area contributed by atoms with Gasteiger partial charge in [0.25, 0.3) is 0 Å². The van der Waals surface area contributed by atoms with Crippen molar-refractivity contribution >= 4 is 44.3 Å². The van der Waals surface area contributed by atoms with Gasteiger partial charge >= 0.3 is 33.3 Å². The zero-order valence-electron chi connectivity index (χ0n) is 13.3. The van der Waals surface area contributed by atoms with Crippen molar-refractivity contribution in [2.75, 3.05) is 0 Å². The second-order valence-corrected chi connectivity index (χ2v) is 6.51. The number of pyridine rings is 2. The van der Waals surface area contributed by atoms with Crippen LogP contribution < -0.4 is 0 Å². The van der Waals surface area contributed by atoms with E-state index in [-0.39, 0.29) is 13.1 Å². The van der Waals surface area contributed by atoms with E-state index in [2.05, 4.69) is 20.0 Å². The van der Waals surface area contributed by atoms with E-state index in [0.29, 0.717) is 11.6 Å². The molecule has 0 aromatic carbocycles. The fraction of sp³-hybridized carbons (Fsp3) is 0.0588. The number of hydrogen-bond donors (Lipinski definition) is 0. The summed E-state index contributed by atoms with van der Waals surface area (Å²) in [4.78, 5) is 17.0. The van der Waals surface area contributed by atoms with Crippen LogP contribution in [0.25, 0.3) is 0 Å². The van der Waals surface area contributed by atoms with Crippen molar-refractivity contribution in [3.63, 3.8) is 0 Å². The Morgan fingerprint density at radius 2 is 1.28 bits per heavy atom. The molecule has 3 aromatic rings. The van der Waals surface area contributed by atoms with E-state index < -0.39 is 0 Å². The SMILES string of the molecule is Cn1c(/C=N/c2ccccn2)ccc1/C=N/c1ccccn1.[Cl][Fe][Cl]. The maximum atomic E-state index is 4.76. The quantitative estimate of drug-likeness (QED) is 0.458. The van der Waals surface area contributed by atoms with E-state index in [0.717, 1.165) is 11.4 Å². The maximum absolute atomic E-state index is 4.76. The van der Waals surface area contributed by atoms with E-state index in [1.165, 1.54) is 0 Å². The number of hydrogen-bond acceptors (Lipinski definition) is 4. The third-order valence-electron chi connectivity index (χ3n) is 3.16. The molecule has 3 heterocycles. The third-order valence-corrected chi connectivity index (χ3v) is 3.16. The van der Waals surface area contributed by atoms with Gasteiger partial charge in [-0.2, -0.15) is 0 Å². The van der Waals surface area contributed by atoms with E-state index >= 15 is 0 Å². The Hall–Kier alpha value is -1.98. The van der Waals surface area contributed by atoms with Crippen molar-refractivity contribution in [1.29, 1.82) is 0 Å². The van der Waals surface area contributed by atoms with Crippen LogP contribution in [-0.4, -0.2) is 27.0 Å². The molecule has 5 nitrogen and oxygen atoms in total. The van der Waals surface area contributed by atoms with Gasteiger partial charge in [0.15, 0.2) is 11.6 Å². The number of rotatable bonds is 4. The standard InChI is InChI=1S/C17H15N5.2ClH.Fe/c1-22-14(12-20-16-6-2-4-10-18-16)8-9-15(22)13-21-17-7-3-5-11-19-17;;;/h2-13H,1H3;2*1H;/q;;;+2/p-2/b20-12+,21-13+;;;.